The molecule has 3 N–H and O–H groups in total. The SMILES string of the molecule is C/C(=N/NC(=O)c1nnn(-c2nonc2N)c1CSc1ccccc1)c1ccc(Cl)c(Cl)c1. The van der Waals surface area contributed by atoms with E-state index in [4.69, 9.17) is 28.9 Å². The van der Waals surface area contributed by atoms with Crippen LogP contribution in [0.3, 0.4) is 0 Å². The summed E-state index contributed by atoms with van der Waals surface area (Å²) in [6.07, 6.45) is 0. The maximum Gasteiger partial charge on any atom is 0.293 e. The Bertz CT molecular complexity index is 1320. The number of benzene rings is 2. The molecule has 10 nitrogen and oxygen atoms in total. The number of nitrogen functional groups attached to an aromatic ring is 1. The standard InChI is InChI=1S/C20H16Cl2N8O2S/c1-11(12-7-8-14(21)15(22)9-12)24-26-20(31)17-16(10-33-13-5-3-2-4-6-13)30(29-25-17)19-18(23)27-32-28-19/h2-9H,10H2,1H3,(H2,23,27)(H,26,31)/b24-11-. The van der Waals surface area contributed by atoms with E-state index in [1.807, 2.05) is 30.3 Å². The van der Waals surface area contributed by atoms with Crippen LogP contribution in [0.25, 0.3) is 5.82 Å². The zero-order valence-electron chi connectivity index (χ0n) is 17.1. The van der Waals surface area contributed by atoms with Gasteiger partial charge in [-0.1, -0.05) is 52.7 Å². The number of carbonyl (C=O) groups is 1. The molecule has 2 heterocycles. The summed E-state index contributed by atoms with van der Waals surface area (Å²) < 4.78 is 6.00. The number of halogens is 2. The number of aromatic nitrogens is 5. The Morgan fingerprint density at radius 1 is 1.18 bits per heavy atom. The minimum absolute atomic E-state index is 0.0197. The number of amides is 1. The quantitative estimate of drug-likeness (QED) is 0.220. The maximum absolute atomic E-state index is 12.9. The Hall–Kier alpha value is -3.41. The van der Waals surface area contributed by atoms with E-state index in [-0.39, 0.29) is 17.3 Å². The molecule has 1 amide bonds. The summed E-state index contributed by atoms with van der Waals surface area (Å²) in [6.45, 7) is 1.73. The molecule has 13 heteroatoms. The van der Waals surface area contributed by atoms with E-state index in [9.17, 15) is 4.79 Å². The van der Waals surface area contributed by atoms with E-state index in [0.29, 0.717) is 32.8 Å². The van der Waals surface area contributed by atoms with Gasteiger partial charge in [0, 0.05) is 10.6 Å². The third-order valence-electron chi connectivity index (χ3n) is 4.46. The molecule has 0 radical (unpaired) electrons. The van der Waals surface area contributed by atoms with Crippen molar-refractivity contribution >= 4 is 52.4 Å². The molecule has 0 aliphatic carbocycles. The van der Waals surface area contributed by atoms with Gasteiger partial charge in [-0.25, -0.2) is 10.1 Å². The predicted molar refractivity (Wildman–Crippen MR) is 126 cm³/mol. The summed E-state index contributed by atoms with van der Waals surface area (Å²) >= 11 is 13.5. The largest absolute Gasteiger partial charge is 0.378 e. The van der Waals surface area contributed by atoms with Crippen molar-refractivity contribution in [2.45, 2.75) is 17.6 Å². The molecule has 33 heavy (non-hydrogen) atoms. The summed E-state index contributed by atoms with van der Waals surface area (Å²) in [5.74, 6) is -0.0481. The van der Waals surface area contributed by atoms with Crippen LogP contribution in [0.4, 0.5) is 5.82 Å². The predicted octanol–water partition coefficient (Wildman–Crippen LogP) is 3.99. The number of anilines is 1. The number of carbonyl (C=O) groups excluding carboxylic acids is 1. The zero-order valence-corrected chi connectivity index (χ0v) is 19.4. The van der Waals surface area contributed by atoms with Crippen molar-refractivity contribution in [3.8, 4) is 5.82 Å². The Kier molecular flexibility index (Phi) is 6.92. The number of hydrazone groups is 1. The number of nitrogens with zero attached hydrogens (tertiary/aromatic N) is 6. The Balaban J connectivity index is 1.60. The van der Waals surface area contributed by atoms with Gasteiger partial charge in [-0.05, 0) is 47.1 Å². The van der Waals surface area contributed by atoms with Crippen molar-refractivity contribution in [2.75, 3.05) is 5.73 Å². The first kappa shape index (κ1) is 22.8. The molecule has 0 bridgehead atoms. The highest BCUT2D eigenvalue weighted by molar-refractivity contribution is 7.98. The van der Waals surface area contributed by atoms with Gasteiger partial charge in [-0.15, -0.1) is 16.9 Å². The minimum Gasteiger partial charge on any atom is -0.378 e. The summed E-state index contributed by atoms with van der Waals surface area (Å²) in [6, 6.07) is 14.7. The first-order valence-electron chi connectivity index (χ1n) is 9.45. The highest BCUT2D eigenvalue weighted by Crippen LogP contribution is 2.26. The van der Waals surface area contributed by atoms with E-state index < -0.39 is 5.91 Å². The molecule has 168 valence electrons. The number of nitrogens with two attached hydrogens (primary N) is 1. The molecule has 0 atom stereocenters. The third-order valence-corrected chi connectivity index (χ3v) is 6.22. The van der Waals surface area contributed by atoms with E-state index in [1.165, 1.54) is 16.4 Å². The molecule has 2 aromatic carbocycles. The molecule has 4 aromatic rings. The Morgan fingerprint density at radius 2 is 1.97 bits per heavy atom. The molecule has 4 rings (SSSR count). The van der Waals surface area contributed by atoms with Crippen molar-refractivity contribution in [3.63, 3.8) is 0 Å². The lowest BCUT2D eigenvalue weighted by Crippen LogP contribution is -2.21. The molecule has 0 saturated carbocycles. The number of rotatable bonds is 7. The van der Waals surface area contributed by atoms with Gasteiger partial charge in [0.15, 0.2) is 5.69 Å². The zero-order chi connectivity index (χ0) is 23.4. The van der Waals surface area contributed by atoms with Gasteiger partial charge in [-0.2, -0.15) is 9.78 Å². The van der Waals surface area contributed by atoms with E-state index >= 15 is 0 Å². The second-order valence-corrected chi connectivity index (χ2v) is 8.50. The lowest BCUT2D eigenvalue weighted by Gasteiger charge is -2.06. The topological polar surface area (TPSA) is 137 Å². The fraction of sp³-hybridized carbons (Fsp3) is 0.100. The smallest absolute Gasteiger partial charge is 0.293 e. The monoisotopic (exact) mass is 502 g/mol. The average molecular weight is 503 g/mol. The van der Waals surface area contributed by atoms with Crippen LogP contribution in [-0.2, 0) is 5.75 Å². The van der Waals surface area contributed by atoms with Crippen molar-refractivity contribution in [1.29, 1.82) is 0 Å². The third kappa shape index (κ3) is 5.16. The van der Waals surface area contributed by atoms with Crippen LogP contribution in [0.5, 0.6) is 0 Å². The highest BCUT2D eigenvalue weighted by Gasteiger charge is 2.24. The molecular weight excluding hydrogens is 487 g/mol. The summed E-state index contributed by atoms with van der Waals surface area (Å²) in [4.78, 5) is 13.9. The van der Waals surface area contributed by atoms with E-state index in [0.717, 1.165) is 4.90 Å². The van der Waals surface area contributed by atoms with Crippen LogP contribution in [0, 0.1) is 0 Å². The molecule has 0 fully saturated rings. The normalized spacial score (nSPS) is 11.5. The summed E-state index contributed by atoms with van der Waals surface area (Å²) in [5.41, 5.74) is 10.1. The van der Waals surface area contributed by atoms with Crippen LogP contribution in [-0.4, -0.2) is 36.9 Å². The van der Waals surface area contributed by atoms with Crippen LogP contribution in [0.1, 0.15) is 28.7 Å². The first-order valence-corrected chi connectivity index (χ1v) is 11.2. The Morgan fingerprint density at radius 3 is 2.67 bits per heavy atom. The van der Waals surface area contributed by atoms with Crippen molar-refractivity contribution < 1.29 is 9.42 Å². The van der Waals surface area contributed by atoms with Crippen LogP contribution in [0.15, 0.2) is 63.2 Å². The van der Waals surface area contributed by atoms with Crippen molar-refractivity contribution in [3.05, 3.63) is 75.5 Å². The van der Waals surface area contributed by atoms with Gasteiger partial charge in [0.2, 0.25) is 11.6 Å². The minimum atomic E-state index is -0.556. The van der Waals surface area contributed by atoms with Gasteiger partial charge in [0.25, 0.3) is 5.91 Å². The number of hydrogen-bond donors (Lipinski definition) is 2. The van der Waals surface area contributed by atoms with Crippen LogP contribution >= 0.6 is 35.0 Å². The second kappa shape index (κ2) is 10.0. The number of thioether (sulfide) groups is 1. The Labute approximate surface area is 202 Å². The summed E-state index contributed by atoms with van der Waals surface area (Å²) in [7, 11) is 0. The first-order chi connectivity index (χ1) is 15.9. The molecule has 0 spiro atoms. The fourth-order valence-electron chi connectivity index (χ4n) is 2.76. The van der Waals surface area contributed by atoms with Crippen molar-refractivity contribution in [1.82, 2.24) is 30.7 Å². The molecular formula is C20H16Cl2N8O2S. The van der Waals surface area contributed by atoms with Gasteiger partial charge in [0.1, 0.15) is 0 Å². The van der Waals surface area contributed by atoms with E-state index in [2.05, 4.69) is 35.8 Å². The molecule has 0 unspecified atom stereocenters. The molecule has 0 aliphatic heterocycles. The van der Waals surface area contributed by atoms with Gasteiger partial charge >= 0.3 is 0 Å². The number of nitrogens with one attached hydrogen (secondary N) is 1. The molecule has 2 aromatic heterocycles. The van der Waals surface area contributed by atoms with Crippen molar-refractivity contribution in [2.24, 2.45) is 5.10 Å². The summed E-state index contributed by atoms with van der Waals surface area (Å²) in [5, 5.41) is 20.3. The van der Waals surface area contributed by atoms with Crippen LogP contribution < -0.4 is 11.2 Å². The van der Waals surface area contributed by atoms with E-state index in [1.54, 1.807) is 25.1 Å². The van der Waals surface area contributed by atoms with Gasteiger partial charge in [-0.3, -0.25) is 4.79 Å². The van der Waals surface area contributed by atoms with Gasteiger partial charge in [0.05, 0.1) is 21.5 Å². The van der Waals surface area contributed by atoms with Crippen LogP contribution in [0.2, 0.25) is 10.0 Å². The lowest BCUT2D eigenvalue weighted by molar-refractivity contribution is 0.0949. The number of hydrogen-bond acceptors (Lipinski definition) is 9. The average Bonchev–Trinajstić information content (AvgIpc) is 3.43. The van der Waals surface area contributed by atoms with Gasteiger partial charge < -0.3 is 5.73 Å². The molecule has 0 aliphatic rings. The molecule has 0 saturated heterocycles. The fourth-order valence-corrected chi connectivity index (χ4v) is 3.97. The highest BCUT2D eigenvalue weighted by atomic mass is 35.5. The maximum atomic E-state index is 12.9. The second-order valence-electron chi connectivity index (χ2n) is 6.64. The lowest BCUT2D eigenvalue weighted by atomic mass is 10.1.